The molecular formula is C21H18N2O5. The van der Waals surface area contributed by atoms with Gasteiger partial charge in [0.05, 0.1) is 29.0 Å². The Balaban J connectivity index is 1.82. The summed E-state index contributed by atoms with van der Waals surface area (Å²) in [6.45, 7) is 2.03. The largest absolute Gasteiger partial charge is 0.429 e. The van der Waals surface area contributed by atoms with Crippen LogP contribution in [0.5, 0.6) is 0 Å². The van der Waals surface area contributed by atoms with Gasteiger partial charge in [-0.25, -0.2) is 9.78 Å². The molecule has 0 radical (unpaired) electrons. The fraction of sp³-hybridized carbons (Fsp3) is 0.286. The van der Waals surface area contributed by atoms with E-state index in [1.807, 2.05) is 30.3 Å². The molecule has 2 aromatic heterocycles. The molecule has 7 nitrogen and oxygen atoms in total. The minimum absolute atomic E-state index is 0.0795. The number of nitrogens with zero attached hydrogens (tertiary/aromatic N) is 2. The number of carbonyl (C=O) groups excluding carboxylic acids is 1. The molecule has 0 saturated heterocycles. The van der Waals surface area contributed by atoms with Crippen LogP contribution < -0.4 is 5.56 Å². The number of para-hydroxylation sites is 1. The maximum atomic E-state index is 13.3. The normalized spacial score (nSPS) is 22.5. The lowest BCUT2D eigenvalue weighted by molar-refractivity contribution is -0.205. The van der Waals surface area contributed by atoms with Crippen molar-refractivity contribution in [2.45, 2.75) is 31.8 Å². The van der Waals surface area contributed by atoms with Crippen molar-refractivity contribution in [1.29, 1.82) is 0 Å². The summed E-state index contributed by atoms with van der Waals surface area (Å²) < 4.78 is 12.0. The summed E-state index contributed by atoms with van der Waals surface area (Å²) in [6, 6.07) is 11.4. The number of rotatable bonds is 2. The van der Waals surface area contributed by atoms with E-state index in [0.717, 1.165) is 16.5 Å². The van der Waals surface area contributed by atoms with Gasteiger partial charge in [-0.05, 0) is 24.6 Å². The minimum atomic E-state index is -1.89. The number of aliphatic hydroxyl groups is 1. The van der Waals surface area contributed by atoms with Gasteiger partial charge in [-0.15, -0.1) is 0 Å². The molecular weight excluding hydrogens is 360 g/mol. The highest BCUT2D eigenvalue weighted by Gasteiger charge is 2.49. The Kier molecular flexibility index (Phi) is 3.50. The summed E-state index contributed by atoms with van der Waals surface area (Å²) in [7, 11) is 1.36. The van der Waals surface area contributed by atoms with Crippen LogP contribution in [-0.2, 0) is 26.4 Å². The minimum Gasteiger partial charge on any atom is -0.429 e. The molecule has 5 rings (SSSR count). The first-order chi connectivity index (χ1) is 13.5. The standard InChI is InChI=1S/C21H18N2O5/c1-3-21(26)13-9-15-17-12(8-11-6-4-5-7-14(11)22-17)10-23(15)18(24)16(13)19(27-2)28-20(21)25/h4-9,19,26H,3,10H2,1-2H3/t19?,21-/m0/s1. The second-order valence-corrected chi connectivity index (χ2v) is 7.12. The quantitative estimate of drug-likeness (QED) is 0.538. The number of cyclic esters (lactones) is 1. The Morgan fingerprint density at radius 2 is 2.11 bits per heavy atom. The van der Waals surface area contributed by atoms with Crippen LogP contribution in [0, 0.1) is 0 Å². The highest BCUT2D eigenvalue weighted by Crippen LogP contribution is 2.41. The number of esters is 1. The lowest BCUT2D eigenvalue weighted by Crippen LogP contribution is -2.46. The van der Waals surface area contributed by atoms with Crippen molar-refractivity contribution in [2.75, 3.05) is 7.11 Å². The average Bonchev–Trinajstić information content (AvgIpc) is 3.07. The summed E-state index contributed by atoms with van der Waals surface area (Å²) in [5, 5.41) is 12.0. The van der Waals surface area contributed by atoms with Crippen LogP contribution in [0.4, 0.5) is 0 Å². The molecule has 0 spiro atoms. The van der Waals surface area contributed by atoms with Gasteiger partial charge >= 0.3 is 5.97 Å². The molecule has 1 N–H and O–H groups in total. The second kappa shape index (κ2) is 5.73. The van der Waals surface area contributed by atoms with Gasteiger partial charge < -0.3 is 19.1 Å². The molecule has 28 heavy (non-hydrogen) atoms. The first-order valence-corrected chi connectivity index (χ1v) is 9.11. The van der Waals surface area contributed by atoms with Gasteiger partial charge in [0.25, 0.3) is 5.56 Å². The van der Waals surface area contributed by atoms with Crippen molar-refractivity contribution >= 4 is 16.9 Å². The van der Waals surface area contributed by atoms with Crippen LogP contribution in [0.1, 0.15) is 36.3 Å². The number of ether oxygens (including phenoxy) is 2. The van der Waals surface area contributed by atoms with Crippen molar-refractivity contribution < 1.29 is 19.4 Å². The number of aromatic nitrogens is 2. The first-order valence-electron chi connectivity index (χ1n) is 9.11. The summed E-state index contributed by atoms with van der Waals surface area (Å²) in [4.78, 5) is 30.5. The van der Waals surface area contributed by atoms with Crippen molar-refractivity contribution in [2.24, 2.45) is 0 Å². The van der Waals surface area contributed by atoms with Gasteiger partial charge in [-0.1, -0.05) is 25.1 Å². The maximum Gasteiger partial charge on any atom is 0.345 e. The molecule has 2 atom stereocenters. The molecule has 1 aromatic carbocycles. The van der Waals surface area contributed by atoms with E-state index in [9.17, 15) is 14.7 Å². The zero-order chi connectivity index (χ0) is 19.6. The number of methoxy groups -OCH3 is 1. The third kappa shape index (κ3) is 2.08. The van der Waals surface area contributed by atoms with Gasteiger partial charge in [0, 0.05) is 23.6 Å². The van der Waals surface area contributed by atoms with Crippen molar-refractivity contribution in [1.82, 2.24) is 9.55 Å². The Labute approximate surface area is 160 Å². The van der Waals surface area contributed by atoms with Crippen LogP contribution in [0.3, 0.4) is 0 Å². The number of pyridine rings is 2. The summed E-state index contributed by atoms with van der Waals surface area (Å²) >= 11 is 0. The van der Waals surface area contributed by atoms with Crippen molar-refractivity contribution in [3.05, 3.63) is 63.4 Å². The zero-order valence-corrected chi connectivity index (χ0v) is 15.4. The third-order valence-electron chi connectivity index (χ3n) is 5.67. The predicted octanol–water partition coefficient (Wildman–Crippen LogP) is 2.22. The molecule has 142 valence electrons. The van der Waals surface area contributed by atoms with E-state index in [-0.39, 0.29) is 23.1 Å². The zero-order valence-electron chi connectivity index (χ0n) is 15.4. The van der Waals surface area contributed by atoms with Gasteiger partial charge in [0.1, 0.15) is 0 Å². The van der Waals surface area contributed by atoms with Crippen molar-refractivity contribution in [3.63, 3.8) is 0 Å². The van der Waals surface area contributed by atoms with E-state index < -0.39 is 17.9 Å². The predicted molar refractivity (Wildman–Crippen MR) is 101 cm³/mol. The number of fused-ring (bicyclic) bond motifs is 5. The maximum absolute atomic E-state index is 13.3. The van der Waals surface area contributed by atoms with E-state index in [4.69, 9.17) is 14.5 Å². The molecule has 0 saturated carbocycles. The summed E-state index contributed by atoms with van der Waals surface area (Å²) in [5.41, 5.74) is 1.16. The summed E-state index contributed by atoms with van der Waals surface area (Å²) in [5.74, 6) is -0.816. The van der Waals surface area contributed by atoms with E-state index in [1.54, 1.807) is 17.6 Å². The van der Waals surface area contributed by atoms with Gasteiger partial charge in [-0.2, -0.15) is 0 Å². The van der Waals surface area contributed by atoms with E-state index in [1.165, 1.54) is 7.11 Å². The highest BCUT2D eigenvalue weighted by atomic mass is 16.7. The fourth-order valence-electron chi connectivity index (χ4n) is 4.12. The second-order valence-electron chi connectivity index (χ2n) is 7.12. The lowest BCUT2D eigenvalue weighted by Gasteiger charge is -2.35. The Morgan fingerprint density at radius 3 is 2.86 bits per heavy atom. The molecule has 0 fully saturated rings. The molecule has 2 aliphatic heterocycles. The molecule has 4 heterocycles. The Bertz CT molecular complexity index is 1220. The molecule has 0 bridgehead atoms. The third-order valence-corrected chi connectivity index (χ3v) is 5.67. The van der Waals surface area contributed by atoms with Crippen LogP contribution in [0.15, 0.2) is 41.2 Å². The first kappa shape index (κ1) is 17.1. The number of hydrogen-bond acceptors (Lipinski definition) is 6. The van der Waals surface area contributed by atoms with Gasteiger partial charge in [0.2, 0.25) is 6.29 Å². The van der Waals surface area contributed by atoms with Crippen LogP contribution in [0.2, 0.25) is 0 Å². The monoisotopic (exact) mass is 378 g/mol. The summed E-state index contributed by atoms with van der Waals surface area (Å²) in [6.07, 6.45) is -1.06. The molecule has 1 unspecified atom stereocenters. The highest BCUT2D eigenvalue weighted by molar-refractivity contribution is 5.86. The van der Waals surface area contributed by atoms with E-state index in [2.05, 4.69) is 0 Å². The topological polar surface area (TPSA) is 90.7 Å². The lowest BCUT2D eigenvalue weighted by atomic mass is 9.85. The van der Waals surface area contributed by atoms with Crippen molar-refractivity contribution in [3.8, 4) is 11.4 Å². The number of carbonyl (C=O) groups is 1. The molecule has 7 heteroatoms. The smallest absolute Gasteiger partial charge is 0.345 e. The molecule has 3 aromatic rings. The van der Waals surface area contributed by atoms with E-state index >= 15 is 0 Å². The van der Waals surface area contributed by atoms with Crippen LogP contribution in [0.25, 0.3) is 22.3 Å². The van der Waals surface area contributed by atoms with Crippen LogP contribution in [-0.4, -0.2) is 27.7 Å². The molecule has 0 amide bonds. The Morgan fingerprint density at radius 1 is 1.32 bits per heavy atom. The fourth-order valence-corrected chi connectivity index (χ4v) is 4.12. The Hall–Kier alpha value is -3.03. The van der Waals surface area contributed by atoms with Gasteiger partial charge in [0.15, 0.2) is 5.60 Å². The number of benzene rings is 1. The van der Waals surface area contributed by atoms with Gasteiger partial charge in [-0.3, -0.25) is 4.79 Å². The molecule has 0 aliphatic carbocycles. The van der Waals surface area contributed by atoms with Crippen LogP contribution >= 0.6 is 0 Å². The SMILES string of the molecule is CC[C@@]1(O)C(=O)OC(OC)c2c1cc1n(c2=O)Cc2cc3ccccc3nc2-1. The molecule has 2 aliphatic rings. The average molecular weight is 378 g/mol. The number of hydrogen-bond donors (Lipinski definition) is 1. The van der Waals surface area contributed by atoms with E-state index in [0.29, 0.717) is 17.9 Å².